The molecule has 1 N–H and O–H groups in total. The van der Waals surface area contributed by atoms with Gasteiger partial charge in [-0.2, -0.15) is 0 Å². The van der Waals surface area contributed by atoms with Gasteiger partial charge >= 0.3 is 5.97 Å². The Morgan fingerprint density at radius 1 is 1.00 bits per heavy atom. The highest BCUT2D eigenvalue weighted by atomic mass is 28.4. The molecule has 0 unspecified atom stereocenters. The van der Waals surface area contributed by atoms with Gasteiger partial charge in [-0.05, 0) is 49.6 Å². The van der Waals surface area contributed by atoms with Gasteiger partial charge in [0.1, 0.15) is 5.76 Å². The van der Waals surface area contributed by atoms with E-state index in [0.717, 1.165) is 5.57 Å². The lowest BCUT2D eigenvalue weighted by Crippen LogP contribution is -2.53. The molecule has 0 bridgehead atoms. The molecular formula is C34H64O7Si2. The van der Waals surface area contributed by atoms with Gasteiger partial charge in [-0.1, -0.05) is 73.1 Å². The number of esters is 1. The lowest BCUT2D eigenvalue weighted by atomic mass is 9.84. The van der Waals surface area contributed by atoms with E-state index in [-0.39, 0.29) is 40.2 Å². The molecule has 250 valence electrons. The van der Waals surface area contributed by atoms with Crippen molar-refractivity contribution in [3.63, 3.8) is 0 Å². The predicted molar refractivity (Wildman–Crippen MR) is 182 cm³/mol. The molecule has 0 fully saturated rings. The number of cyclic esters (lactones) is 1. The van der Waals surface area contributed by atoms with E-state index >= 15 is 0 Å². The van der Waals surface area contributed by atoms with E-state index in [2.05, 4.69) is 94.2 Å². The summed E-state index contributed by atoms with van der Waals surface area (Å²) in [4.78, 5) is 12.5. The average molecular weight is 641 g/mol. The molecule has 1 aliphatic heterocycles. The van der Waals surface area contributed by atoms with Gasteiger partial charge in [0.25, 0.3) is 0 Å². The largest absolute Gasteiger partial charge is 0.457 e. The van der Waals surface area contributed by atoms with Gasteiger partial charge in [0.2, 0.25) is 5.79 Å². The molecule has 0 spiro atoms. The highest BCUT2D eigenvalue weighted by Crippen LogP contribution is 2.44. The molecule has 0 aliphatic carbocycles. The van der Waals surface area contributed by atoms with E-state index in [1.54, 1.807) is 27.0 Å². The number of aliphatic hydroxyl groups is 1. The average Bonchev–Trinajstić information content (AvgIpc) is 2.81. The van der Waals surface area contributed by atoms with Crippen molar-refractivity contribution >= 4 is 22.6 Å². The van der Waals surface area contributed by atoms with Crippen LogP contribution in [0.15, 0.2) is 36.1 Å². The quantitative estimate of drug-likeness (QED) is 0.109. The van der Waals surface area contributed by atoms with Crippen molar-refractivity contribution in [2.45, 2.75) is 155 Å². The monoisotopic (exact) mass is 640 g/mol. The number of hydrogen-bond acceptors (Lipinski definition) is 7. The number of aliphatic hydroxyl groups excluding tert-OH is 1. The fraction of sp³-hybridized carbons (Fsp3) is 0.794. The van der Waals surface area contributed by atoms with Crippen LogP contribution < -0.4 is 0 Å². The molecule has 0 aromatic heterocycles. The summed E-state index contributed by atoms with van der Waals surface area (Å²) in [6.07, 6.45) is 4.65. The minimum atomic E-state index is -2.25. The minimum Gasteiger partial charge on any atom is -0.457 e. The Bertz CT molecular complexity index is 1000. The summed E-state index contributed by atoms with van der Waals surface area (Å²) in [7, 11) is -2.77. The van der Waals surface area contributed by atoms with Crippen molar-refractivity contribution in [1.29, 1.82) is 0 Å². The van der Waals surface area contributed by atoms with E-state index in [4.69, 9.17) is 23.1 Å². The molecule has 1 rings (SSSR count). The first-order valence-electron chi connectivity index (χ1n) is 15.8. The van der Waals surface area contributed by atoms with E-state index < -0.39 is 34.5 Å². The molecule has 6 atom stereocenters. The maximum absolute atomic E-state index is 12.5. The lowest BCUT2D eigenvalue weighted by Gasteiger charge is -2.47. The van der Waals surface area contributed by atoms with Gasteiger partial charge in [-0.3, -0.25) is 0 Å². The van der Waals surface area contributed by atoms with Gasteiger partial charge < -0.3 is 28.2 Å². The first kappa shape index (κ1) is 39.8. The molecule has 0 aromatic rings. The number of hydrogen-bond donors (Lipinski definition) is 1. The second-order valence-corrected chi connectivity index (χ2v) is 25.4. The summed E-state index contributed by atoms with van der Waals surface area (Å²) in [5.41, 5.74) is 1.03. The van der Waals surface area contributed by atoms with Gasteiger partial charge in [0.05, 0.1) is 30.5 Å². The van der Waals surface area contributed by atoms with Crippen LogP contribution in [0.2, 0.25) is 36.3 Å². The lowest BCUT2D eigenvalue weighted by molar-refractivity contribution is -0.207. The SMILES string of the molecule is C=C[C@H](O)C/C(C)=C/[C@@H](OC)[C@@H](C)[C@H](O[Si](C)(C)C(C)(C)C)[C@H](C)[C@H](CC1=CC(=O)OC(C)(C)O1)O[Si](C)(C)C(C)(C)C. The first-order valence-corrected chi connectivity index (χ1v) is 21.6. The first-order chi connectivity index (χ1) is 19.3. The van der Waals surface area contributed by atoms with Crippen LogP contribution >= 0.6 is 0 Å². The van der Waals surface area contributed by atoms with E-state index in [9.17, 15) is 9.90 Å². The zero-order valence-corrected chi connectivity index (χ0v) is 32.2. The Labute approximate surface area is 265 Å². The van der Waals surface area contributed by atoms with E-state index in [1.807, 2.05) is 6.92 Å². The van der Waals surface area contributed by atoms with Crippen LogP contribution in [-0.4, -0.2) is 65.0 Å². The van der Waals surface area contributed by atoms with Gasteiger partial charge in [-0.25, -0.2) is 4.79 Å². The topological polar surface area (TPSA) is 83.5 Å². The van der Waals surface area contributed by atoms with Crippen molar-refractivity contribution in [2.24, 2.45) is 11.8 Å². The van der Waals surface area contributed by atoms with Crippen LogP contribution in [0, 0.1) is 11.8 Å². The van der Waals surface area contributed by atoms with Crippen molar-refractivity contribution in [2.75, 3.05) is 7.11 Å². The molecule has 0 aromatic carbocycles. The molecule has 1 aliphatic rings. The summed E-state index contributed by atoms with van der Waals surface area (Å²) in [6, 6.07) is 0. The molecule has 43 heavy (non-hydrogen) atoms. The van der Waals surface area contributed by atoms with Gasteiger partial charge in [-0.15, -0.1) is 6.58 Å². The van der Waals surface area contributed by atoms with Crippen molar-refractivity contribution in [1.82, 2.24) is 0 Å². The van der Waals surface area contributed by atoms with E-state index in [1.165, 1.54) is 6.08 Å². The summed E-state index contributed by atoms with van der Waals surface area (Å²) < 4.78 is 32.0. The smallest absolute Gasteiger partial charge is 0.337 e. The van der Waals surface area contributed by atoms with Gasteiger partial charge in [0.15, 0.2) is 16.6 Å². The highest BCUT2D eigenvalue weighted by molar-refractivity contribution is 6.74. The van der Waals surface area contributed by atoms with Crippen molar-refractivity contribution < 1.29 is 33.0 Å². The van der Waals surface area contributed by atoms with Crippen LogP contribution in [0.25, 0.3) is 0 Å². The maximum atomic E-state index is 12.5. The van der Waals surface area contributed by atoms with Crippen LogP contribution in [-0.2, 0) is 27.9 Å². The van der Waals surface area contributed by atoms with Crippen LogP contribution in [0.1, 0.15) is 89.0 Å². The Balaban J connectivity index is 3.70. The Morgan fingerprint density at radius 3 is 1.95 bits per heavy atom. The zero-order valence-electron chi connectivity index (χ0n) is 30.2. The molecule has 0 radical (unpaired) electrons. The molecule has 1 heterocycles. The van der Waals surface area contributed by atoms with Crippen LogP contribution in [0.3, 0.4) is 0 Å². The molecule has 9 heteroatoms. The third-order valence-electron chi connectivity index (χ3n) is 9.56. The third kappa shape index (κ3) is 11.6. The number of ether oxygens (including phenoxy) is 3. The Hall–Kier alpha value is -1.24. The number of rotatable bonds is 15. The number of methoxy groups -OCH3 is 1. The number of carbonyl (C=O) groups excluding carboxylic acids is 1. The molecule has 0 saturated carbocycles. The summed E-state index contributed by atoms with van der Waals surface area (Å²) in [6.45, 7) is 36.1. The standard InChI is InChI=1S/C34H64O7Si2/c1-18-26(35)19-23(2)20-28(37-13)24(3)31(41-43(16,17)33(8,9)10)25(4)29(40-42(14,15)32(5,6)7)21-27-22-30(36)39-34(11,12)38-27/h18,20,22,24-26,28-29,31,35H,1,19,21H2,2-17H3/b23-20+/t24-,25-,26+,28-,29+,31+/m1/s1. The molecule has 0 amide bonds. The summed E-state index contributed by atoms with van der Waals surface area (Å²) >= 11 is 0. The highest BCUT2D eigenvalue weighted by Gasteiger charge is 2.47. The zero-order chi connectivity index (χ0) is 33.8. The molecule has 7 nitrogen and oxygen atoms in total. The van der Waals surface area contributed by atoms with E-state index in [0.29, 0.717) is 18.6 Å². The normalized spacial score (nSPS) is 21.1. The van der Waals surface area contributed by atoms with Crippen molar-refractivity contribution in [3.8, 4) is 0 Å². The fourth-order valence-electron chi connectivity index (χ4n) is 4.76. The predicted octanol–water partition coefficient (Wildman–Crippen LogP) is 8.52. The molecule has 0 saturated heterocycles. The third-order valence-corrected chi connectivity index (χ3v) is 18.5. The maximum Gasteiger partial charge on any atom is 0.337 e. The molecular weight excluding hydrogens is 577 g/mol. The second kappa shape index (κ2) is 14.9. The second-order valence-electron chi connectivity index (χ2n) is 15.9. The summed E-state index contributed by atoms with van der Waals surface area (Å²) in [5, 5.41) is 10.1. The summed E-state index contributed by atoms with van der Waals surface area (Å²) in [5.74, 6) is -1.01. The Kier molecular flexibility index (Phi) is 13.8. The fourth-order valence-corrected chi connectivity index (χ4v) is 7.63. The van der Waals surface area contributed by atoms with Crippen molar-refractivity contribution in [3.05, 3.63) is 36.1 Å². The van der Waals surface area contributed by atoms with Gasteiger partial charge in [0, 0.05) is 39.2 Å². The number of carbonyl (C=O) groups is 1. The van der Waals surface area contributed by atoms with Crippen LogP contribution in [0.5, 0.6) is 0 Å². The minimum absolute atomic E-state index is 0.00827. The Morgan fingerprint density at radius 2 is 1.51 bits per heavy atom. The van der Waals surface area contributed by atoms with Crippen LogP contribution in [0.4, 0.5) is 0 Å².